The minimum Gasteiger partial charge on any atom is -0.488 e. The van der Waals surface area contributed by atoms with Gasteiger partial charge in [0, 0.05) is 11.8 Å². The topological polar surface area (TPSA) is 22.1 Å². The van der Waals surface area contributed by atoms with Gasteiger partial charge in [0.25, 0.3) is 0 Å². The van der Waals surface area contributed by atoms with Gasteiger partial charge in [-0.2, -0.15) is 0 Å². The molecule has 0 aliphatic heterocycles. The molecule has 0 spiro atoms. The molecule has 1 aliphatic carbocycles. The van der Waals surface area contributed by atoms with Crippen LogP contribution in [0.5, 0.6) is 5.75 Å². The first-order valence-corrected chi connectivity index (χ1v) is 7.04. The second-order valence-electron chi connectivity index (χ2n) is 4.73. The van der Waals surface area contributed by atoms with Gasteiger partial charge in [-0.15, -0.1) is 11.6 Å². The summed E-state index contributed by atoms with van der Waals surface area (Å²) in [5, 5.41) is 0. The summed E-state index contributed by atoms with van der Waals surface area (Å²) in [6, 6.07) is 1.94. The lowest BCUT2D eigenvalue weighted by atomic mass is 9.85. The quantitative estimate of drug-likeness (QED) is 0.752. The highest BCUT2D eigenvalue weighted by molar-refractivity contribution is 6.17. The van der Waals surface area contributed by atoms with E-state index in [1.165, 1.54) is 25.7 Å². The second kappa shape index (κ2) is 6.25. The maximum atomic E-state index is 6.13. The predicted octanol–water partition coefficient (Wildman–Crippen LogP) is 4.17. The maximum absolute atomic E-state index is 6.13. The molecule has 1 heterocycles. The zero-order chi connectivity index (χ0) is 12.1. The van der Waals surface area contributed by atoms with E-state index >= 15 is 0 Å². The van der Waals surface area contributed by atoms with E-state index in [2.05, 4.69) is 11.9 Å². The van der Waals surface area contributed by atoms with E-state index in [0.29, 0.717) is 17.9 Å². The van der Waals surface area contributed by atoms with Crippen LogP contribution in [-0.2, 0) is 5.88 Å². The fraction of sp³-hybridized carbons (Fsp3) is 0.643. The van der Waals surface area contributed by atoms with Crippen molar-refractivity contribution in [3.05, 3.63) is 24.0 Å². The molecule has 94 valence electrons. The molecular formula is C14H20ClNO. The Morgan fingerprint density at radius 1 is 1.41 bits per heavy atom. The predicted molar refractivity (Wildman–Crippen MR) is 70.5 cm³/mol. The molecule has 0 N–H and O–H groups in total. The summed E-state index contributed by atoms with van der Waals surface area (Å²) < 4.78 is 6.13. The molecule has 0 bridgehead atoms. The largest absolute Gasteiger partial charge is 0.488 e. The number of alkyl halides is 1. The third kappa shape index (κ3) is 3.12. The van der Waals surface area contributed by atoms with E-state index in [9.17, 15) is 0 Å². The molecule has 2 rings (SSSR count). The molecule has 17 heavy (non-hydrogen) atoms. The molecule has 1 aromatic heterocycles. The van der Waals surface area contributed by atoms with Gasteiger partial charge in [0.2, 0.25) is 0 Å². The van der Waals surface area contributed by atoms with Gasteiger partial charge in [-0.1, -0.05) is 13.3 Å². The van der Waals surface area contributed by atoms with Crippen LogP contribution < -0.4 is 4.74 Å². The fourth-order valence-electron chi connectivity index (χ4n) is 2.58. The molecule has 2 nitrogen and oxygen atoms in total. The van der Waals surface area contributed by atoms with E-state index < -0.39 is 0 Å². The van der Waals surface area contributed by atoms with Gasteiger partial charge in [0.1, 0.15) is 11.9 Å². The van der Waals surface area contributed by atoms with Gasteiger partial charge < -0.3 is 4.74 Å². The van der Waals surface area contributed by atoms with E-state index in [-0.39, 0.29) is 0 Å². The average molecular weight is 254 g/mol. The molecule has 2 atom stereocenters. The van der Waals surface area contributed by atoms with Crippen LogP contribution in [0.3, 0.4) is 0 Å². The van der Waals surface area contributed by atoms with Crippen molar-refractivity contribution in [2.24, 2.45) is 5.92 Å². The molecule has 1 aromatic rings. The standard InChI is InChI=1S/C14H20ClNO/c1-2-11-5-3-4-6-13(11)17-14-10-16-8-7-12(14)9-15/h7-8,10-11,13H,2-6,9H2,1H3. The van der Waals surface area contributed by atoms with Gasteiger partial charge in [-0.3, -0.25) is 4.98 Å². The molecule has 3 heteroatoms. The number of hydrogen-bond donors (Lipinski definition) is 0. The number of halogens is 1. The van der Waals surface area contributed by atoms with Crippen molar-refractivity contribution < 1.29 is 4.74 Å². The first-order valence-electron chi connectivity index (χ1n) is 6.50. The summed E-state index contributed by atoms with van der Waals surface area (Å²) >= 11 is 5.91. The number of rotatable bonds is 4. The van der Waals surface area contributed by atoms with Crippen LogP contribution >= 0.6 is 11.6 Å². The van der Waals surface area contributed by atoms with Gasteiger partial charge in [-0.05, 0) is 37.7 Å². The van der Waals surface area contributed by atoms with Gasteiger partial charge in [0.15, 0.2) is 0 Å². The lowest BCUT2D eigenvalue weighted by molar-refractivity contribution is 0.0892. The lowest BCUT2D eigenvalue weighted by Crippen LogP contribution is -2.30. The molecule has 1 saturated carbocycles. The minimum absolute atomic E-state index is 0.347. The summed E-state index contributed by atoms with van der Waals surface area (Å²) in [5.74, 6) is 2.04. The molecule has 1 aliphatic rings. The summed E-state index contributed by atoms with van der Waals surface area (Å²) in [6.07, 6.45) is 10.2. The highest BCUT2D eigenvalue weighted by atomic mass is 35.5. The van der Waals surface area contributed by atoms with Gasteiger partial charge in [-0.25, -0.2) is 0 Å². The average Bonchev–Trinajstić information content (AvgIpc) is 2.40. The van der Waals surface area contributed by atoms with E-state index in [4.69, 9.17) is 16.3 Å². The van der Waals surface area contributed by atoms with Crippen molar-refractivity contribution in [2.75, 3.05) is 0 Å². The lowest BCUT2D eigenvalue weighted by Gasteiger charge is -2.31. The smallest absolute Gasteiger partial charge is 0.142 e. The highest BCUT2D eigenvalue weighted by Crippen LogP contribution is 2.31. The summed E-state index contributed by atoms with van der Waals surface area (Å²) in [6.45, 7) is 2.25. The third-order valence-electron chi connectivity index (χ3n) is 3.66. The Morgan fingerprint density at radius 2 is 2.24 bits per heavy atom. The highest BCUT2D eigenvalue weighted by Gasteiger charge is 2.25. The van der Waals surface area contributed by atoms with E-state index in [0.717, 1.165) is 17.7 Å². The Labute approximate surface area is 108 Å². The van der Waals surface area contributed by atoms with Crippen molar-refractivity contribution in [3.8, 4) is 5.75 Å². The molecule has 0 saturated heterocycles. The Balaban J connectivity index is 2.08. The molecule has 0 radical (unpaired) electrons. The Morgan fingerprint density at radius 3 is 3.00 bits per heavy atom. The first kappa shape index (κ1) is 12.7. The Kier molecular flexibility index (Phi) is 4.66. The minimum atomic E-state index is 0.347. The number of nitrogens with zero attached hydrogens (tertiary/aromatic N) is 1. The van der Waals surface area contributed by atoms with Crippen LogP contribution in [0, 0.1) is 5.92 Å². The van der Waals surface area contributed by atoms with Crippen molar-refractivity contribution >= 4 is 11.6 Å². The second-order valence-corrected chi connectivity index (χ2v) is 4.99. The number of hydrogen-bond acceptors (Lipinski definition) is 2. The molecule has 2 unspecified atom stereocenters. The van der Waals surface area contributed by atoms with Crippen LogP contribution in [0.1, 0.15) is 44.6 Å². The van der Waals surface area contributed by atoms with Gasteiger partial charge in [0.05, 0.1) is 12.1 Å². The number of pyridine rings is 1. The molecule has 0 amide bonds. The number of aromatic nitrogens is 1. The van der Waals surface area contributed by atoms with Crippen LogP contribution in [-0.4, -0.2) is 11.1 Å². The monoisotopic (exact) mass is 253 g/mol. The SMILES string of the molecule is CCC1CCCCC1Oc1cnccc1CCl. The van der Waals surface area contributed by atoms with Crippen LogP contribution in [0.15, 0.2) is 18.5 Å². The van der Waals surface area contributed by atoms with Crippen molar-refractivity contribution in [2.45, 2.75) is 51.0 Å². The third-order valence-corrected chi connectivity index (χ3v) is 3.94. The molecule has 0 aromatic carbocycles. The van der Waals surface area contributed by atoms with Crippen molar-refractivity contribution in [3.63, 3.8) is 0 Å². The summed E-state index contributed by atoms with van der Waals surface area (Å²) in [4.78, 5) is 4.13. The zero-order valence-electron chi connectivity index (χ0n) is 10.4. The summed E-state index contributed by atoms with van der Waals surface area (Å²) in [7, 11) is 0. The van der Waals surface area contributed by atoms with Gasteiger partial charge >= 0.3 is 0 Å². The zero-order valence-corrected chi connectivity index (χ0v) is 11.1. The normalized spacial score (nSPS) is 24.6. The van der Waals surface area contributed by atoms with Crippen molar-refractivity contribution in [1.82, 2.24) is 4.98 Å². The molecular weight excluding hydrogens is 234 g/mol. The van der Waals surface area contributed by atoms with E-state index in [1.54, 1.807) is 12.4 Å². The van der Waals surface area contributed by atoms with Crippen LogP contribution in [0.25, 0.3) is 0 Å². The fourth-order valence-corrected chi connectivity index (χ4v) is 2.80. The van der Waals surface area contributed by atoms with E-state index in [1.807, 2.05) is 6.07 Å². The van der Waals surface area contributed by atoms with Crippen molar-refractivity contribution in [1.29, 1.82) is 0 Å². The number of ether oxygens (including phenoxy) is 1. The van der Waals surface area contributed by atoms with Crippen LogP contribution in [0.2, 0.25) is 0 Å². The molecule has 1 fully saturated rings. The Bertz CT molecular complexity index is 356. The first-order chi connectivity index (χ1) is 8.35. The van der Waals surface area contributed by atoms with Crippen LogP contribution in [0.4, 0.5) is 0 Å². The maximum Gasteiger partial charge on any atom is 0.142 e. The Hall–Kier alpha value is -0.760. The summed E-state index contributed by atoms with van der Waals surface area (Å²) in [5.41, 5.74) is 1.04.